The quantitative estimate of drug-likeness (QED) is 0.597. The minimum absolute atomic E-state index is 0.442. The molecule has 0 aromatic rings. The monoisotopic (exact) mass is 215 g/mol. The van der Waals surface area contributed by atoms with Crippen LogP contribution in [0.4, 0.5) is 0 Å². The Balaban J connectivity index is 4.01. The molecule has 2 atom stereocenters. The Morgan fingerprint density at radius 2 is 2.00 bits per heavy atom. The van der Waals surface area contributed by atoms with E-state index in [2.05, 4.69) is 33.0 Å². The highest BCUT2D eigenvalue weighted by Crippen LogP contribution is 2.33. The lowest BCUT2D eigenvalue weighted by molar-refractivity contribution is 0.155. The number of rotatable bonds is 9. The maximum atomic E-state index is 5.04. The predicted molar refractivity (Wildman–Crippen MR) is 67.2 cm³/mol. The van der Waals surface area contributed by atoms with Crippen molar-refractivity contribution in [3.8, 4) is 0 Å². The van der Waals surface area contributed by atoms with Gasteiger partial charge < -0.3 is 10.1 Å². The van der Waals surface area contributed by atoms with Crippen molar-refractivity contribution in [1.29, 1.82) is 0 Å². The van der Waals surface area contributed by atoms with E-state index < -0.39 is 0 Å². The molecule has 2 unspecified atom stereocenters. The van der Waals surface area contributed by atoms with Crippen LogP contribution in [-0.2, 0) is 4.74 Å². The minimum atomic E-state index is 0.442. The summed E-state index contributed by atoms with van der Waals surface area (Å²) in [7, 11) is 1.75. The first-order chi connectivity index (χ1) is 7.10. The Kier molecular flexibility index (Phi) is 8.07. The zero-order chi connectivity index (χ0) is 11.7. The molecule has 2 heteroatoms. The first kappa shape index (κ1) is 14.9. The molecule has 0 radical (unpaired) electrons. The lowest BCUT2D eigenvalue weighted by atomic mass is 9.73. The summed E-state index contributed by atoms with van der Waals surface area (Å²) in [6.45, 7) is 12.2. The van der Waals surface area contributed by atoms with Gasteiger partial charge in [0.05, 0.1) is 6.61 Å². The van der Waals surface area contributed by atoms with Crippen LogP contribution in [0.3, 0.4) is 0 Å². The van der Waals surface area contributed by atoms with Gasteiger partial charge in [0.1, 0.15) is 0 Å². The molecule has 0 aliphatic heterocycles. The Morgan fingerprint density at radius 1 is 1.33 bits per heavy atom. The van der Waals surface area contributed by atoms with E-state index in [9.17, 15) is 0 Å². The molecule has 0 aliphatic rings. The average Bonchev–Trinajstić information content (AvgIpc) is 2.23. The molecule has 0 saturated heterocycles. The van der Waals surface area contributed by atoms with Crippen LogP contribution in [0, 0.1) is 11.3 Å². The molecule has 2 nitrogen and oxygen atoms in total. The van der Waals surface area contributed by atoms with Crippen molar-refractivity contribution in [2.45, 2.75) is 47.0 Å². The van der Waals surface area contributed by atoms with Gasteiger partial charge in [0.25, 0.3) is 0 Å². The zero-order valence-electron chi connectivity index (χ0n) is 11.2. The van der Waals surface area contributed by atoms with Crippen molar-refractivity contribution in [2.75, 3.05) is 26.8 Å². The molecule has 0 amide bonds. The molecule has 92 valence electrons. The van der Waals surface area contributed by atoms with Crippen LogP contribution < -0.4 is 5.32 Å². The fourth-order valence-electron chi connectivity index (χ4n) is 2.12. The summed E-state index contributed by atoms with van der Waals surface area (Å²) in [5.74, 6) is 0.785. The molecule has 0 saturated carbocycles. The Morgan fingerprint density at radius 3 is 2.47 bits per heavy atom. The first-order valence-corrected chi connectivity index (χ1v) is 6.30. The molecule has 15 heavy (non-hydrogen) atoms. The smallest absolute Gasteiger partial charge is 0.0587 e. The average molecular weight is 215 g/mol. The van der Waals surface area contributed by atoms with Gasteiger partial charge in [-0.3, -0.25) is 0 Å². The second-order valence-electron chi connectivity index (χ2n) is 4.88. The number of methoxy groups -OCH3 is 1. The maximum Gasteiger partial charge on any atom is 0.0587 e. The lowest BCUT2D eigenvalue weighted by Crippen LogP contribution is -2.38. The van der Waals surface area contributed by atoms with E-state index in [0.29, 0.717) is 5.41 Å². The third-order valence-electron chi connectivity index (χ3n) is 3.64. The molecule has 0 heterocycles. The van der Waals surface area contributed by atoms with Crippen LogP contribution in [0.5, 0.6) is 0 Å². The van der Waals surface area contributed by atoms with Crippen LogP contribution in [0.1, 0.15) is 47.0 Å². The molecule has 0 aromatic heterocycles. The zero-order valence-corrected chi connectivity index (χ0v) is 11.2. The normalized spacial score (nSPS) is 17.4. The number of ether oxygens (including phenoxy) is 1. The Hall–Kier alpha value is -0.0800. The van der Waals surface area contributed by atoms with E-state index in [4.69, 9.17) is 4.74 Å². The number of hydrogen-bond acceptors (Lipinski definition) is 2. The summed E-state index contributed by atoms with van der Waals surface area (Å²) >= 11 is 0. The second kappa shape index (κ2) is 8.12. The SMILES string of the molecule is CCCC(C)(CNCCOC)C(C)CC. The van der Waals surface area contributed by atoms with E-state index in [1.54, 1.807) is 7.11 Å². The van der Waals surface area contributed by atoms with E-state index in [0.717, 1.165) is 25.6 Å². The van der Waals surface area contributed by atoms with Crippen LogP contribution in [0.15, 0.2) is 0 Å². The van der Waals surface area contributed by atoms with Gasteiger partial charge in [0.2, 0.25) is 0 Å². The number of hydrogen-bond donors (Lipinski definition) is 1. The van der Waals surface area contributed by atoms with Gasteiger partial charge in [-0.1, -0.05) is 40.5 Å². The van der Waals surface area contributed by atoms with Crippen LogP contribution in [0.25, 0.3) is 0 Å². The maximum absolute atomic E-state index is 5.04. The Labute approximate surface area is 95.8 Å². The van der Waals surface area contributed by atoms with Crippen LogP contribution in [-0.4, -0.2) is 26.8 Å². The molecule has 1 N–H and O–H groups in total. The molecule has 0 rings (SSSR count). The van der Waals surface area contributed by atoms with Gasteiger partial charge in [-0.2, -0.15) is 0 Å². The summed E-state index contributed by atoms with van der Waals surface area (Å²) in [6, 6.07) is 0. The van der Waals surface area contributed by atoms with E-state index in [-0.39, 0.29) is 0 Å². The first-order valence-electron chi connectivity index (χ1n) is 6.30. The van der Waals surface area contributed by atoms with Crippen molar-refractivity contribution >= 4 is 0 Å². The third-order valence-corrected chi connectivity index (χ3v) is 3.64. The van der Waals surface area contributed by atoms with E-state index in [1.807, 2.05) is 0 Å². The van der Waals surface area contributed by atoms with Gasteiger partial charge in [0, 0.05) is 20.2 Å². The molecule has 0 aliphatic carbocycles. The van der Waals surface area contributed by atoms with Crippen LogP contribution >= 0.6 is 0 Å². The Bertz CT molecular complexity index is 149. The number of nitrogens with one attached hydrogen (secondary N) is 1. The highest BCUT2D eigenvalue weighted by molar-refractivity contribution is 4.81. The summed E-state index contributed by atoms with van der Waals surface area (Å²) in [4.78, 5) is 0. The summed E-state index contributed by atoms with van der Waals surface area (Å²) in [5.41, 5.74) is 0.442. The molecule has 0 fully saturated rings. The van der Waals surface area contributed by atoms with Gasteiger partial charge in [0.15, 0.2) is 0 Å². The molecular formula is C13H29NO. The van der Waals surface area contributed by atoms with E-state index in [1.165, 1.54) is 19.3 Å². The lowest BCUT2D eigenvalue weighted by Gasteiger charge is -2.35. The highest BCUT2D eigenvalue weighted by Gasteiger charge is 2.28. The molecular weight excluding hydrogens is 186 g/mol. The van der Waals surface area contributed by atoms with Crippen molar-refractivity contribution < 1.29 is 4.74 Å². The second-order valence-corrected chi connectivity index (χ2v) is 4.88. The standard InChI is InChI=1S/C13H29NO/c1-6-8-13(4,12(3)7-2)11-14-9-10-15-5/h12,14H,6-11H2,1-5H3. The molecule has 0 aromatic carbocycles. The van der Waals surface area contributed by atoms with Crippen LogP contribution in [0.2, 0.25) is 0 Å². The molecule has 0 spiro atoms. The fraction of sp³-hybridized carbons (Fsp3) is 1.00. The van der Waals surface area contributed by atoms with Crippen molar-refractivity contribution in [3.63, 3.8) is 0 Å². The largest absolute Gasteiger partial charge is 0.383 e. The summed E-state index contributed by atoms with van der Waals surface area (Å²) in [6.07, 6.45) is 3.84. The van der Waals surface area contributed by atoms with Gasteiger partial charge in [-0.25, -0.2) is 0 Å². The minimum Gasteiger partial charge on any atom is -0.383 e. The summed E-state index contributed by atoms with van der Waals surface area (Å²) < 4.78 is 5.04. The fourth-order valence-corrected chi connectivity index (χ4v) is 2.12. The van der Waals surface area contributed by atoms with Gasteiger partial charge >= 0.3 is 0 Å². The van der Waals surface area contributed by atoms with Crippen molar-refractivity contribution in [3.05, 3.63) is 0 Å². The van der Waals surface area contributed by atoms with Crippen molar-refractivity contribution in [2.24, 2.45) is 11.3 Å². The van der Waals surface area contributed by atoms with Gasteiger partial charge in [-0.15, -0.1) is 0 Å². The predicted octanol–water partition coefficient (Wildman–Crippen LogP) is 3.07. The van der Waals surface area contributed by atoms with Gasteiger partial charge in [-0.05, 0) is 17.8 Å². The topological polar surface area (TPSA) is 21.3 Å². The summed E-state index contributed by atoms with van der Waals surface area (Å²) in [5, 5.41) is 3.50. The third kappa shape index (κ3) is 5.53. The highest BCUT2D eigenvalue weighted by atomic mass is 16.5. The van der Waals surface area contributed by atoms with Crippen molar-refractivity contribution in [1.82, 2.24) is 5.32 Å². The molecule has 0 bridgehead atoms. The van der Waals surface area contributed by atoms with E-state index >= 15 is 0 Å².